The maximum absolute atomic E-state index is 10.6. The lowest BCUT2D eigenvalue weighted by atomic mass is 9.77. The molecule has 1 fully saturated rings. The Morgan fingerprint density at radius 2 is 2.38 bits per heavy atom. The molecule has 2 N–H and O–H groups in total. The summed E-state index contributed by atoms with van der Waals surface area (Å²) in [6.07, 6.45) is 1.81. The molecular weight excluding hydrogens is 168 g/mol. The molecule has 1 rings (SSSR count). The van der Waals surface area contributed by atoms with Crippen molar-refractivity contribution in [3.05, 3.63) is 12.2 Å². The first-order valence-electron chi connectivity index (χ1n) is 4.51. The minimum Gasteiger partial charge on any atom is -0.481 e. The van der Waals surface area contributed by atoms with Crippen molar-refractivity contribution in [2.45, 2.75) is 26.2 Å². The van der Waals surface area contributed by atoms with Crippen LogP contribution in [0.25, 0.3) is 0 Å². The minimum atomic E-state index is -0.792. The van der Waals surface area contributed by atoms with Crippen molar-refractivity contribution >= 4 is 5.97 Å². The monoisotopic (exact) mass is 184 g/mol. The molecule has 3 nitrogen and oxygen atoms in total. The fraction of sp³-hybridized carbons (Fsp3) is 0.700. The number of rotatable bonds is 3. The van der Waals surface area contributed by atoms with Crippen molar-refractivity contribution in [2.75, 3.05) is 6.61 Å². The topological polar surface area (TPSA) is 57.5 Å². The molecule has 1 aliphatic rings. The molecule has 0 aromatic heterocycles. The van der Waals surface area contributed by atoms with Gasteiger partial charge in [-0.05, 0) is 18.8 Å². The van der Waals surface area contributed by atoms with Crippen LogP contribution < -0.4 is 0 Å². The van der Waals surface area contributed by atoms with Crippen LogP contribution in [0, 0.1) is 11.3 Å². The highest BCUT2D eigenvalue weighted by molar-refractivity contribution is 5.67. The Balaban J connectivity index is 2.75. The maximum atomic E-state index is 10.6. The number of carbonyl (C=O) groups is 1. The lowest BCUT2D eigenvalue weighted by molar-refractivity contribution is -0.139. The number of aliphatic carboxylic acids is 1. The van der Waals surface area contributed by atoms with Gasteiger partial charge in [0.1, 0.15) is 0 Å². The van der Waals surface area contributed by atoms with Crippen molar-refractivity contribution in [2.24, 2.45) is 11.3 Å². The van der Waals surface area contributed by atoms with Crippen LogP contribution in [0.5, 0.6) is 0 Å². The van der Waals surface area contributed by atoms with Gasteiger partial charge in [-0.15, -0.1) is 0 Å². The average Bonchev–Trinajstić information content (AvgIpc) is 2.33. The van der Waals surface area contributed by atoms with Gasteiger partial charge >= 0.3 is 5.97 Å². The molecule has 2 atom stereocenters. The number of carboxylic acid groups (broad SMARTS) is 1. The van der Waals surface area contributed by atoms with Crippen LogP contribution in [0.1, 0.15) is 26.2 Å². The van der Waals surface area contributed by atoms with Crippen LogP contribution in [0.2, 0.25) is 0 Å². The quantitative estimate of drug-likeness (QED) is 0.652. The molecule has 0 bridgehead atoms. The van der Waals surface area contributed by atoms with Gasteiger partial charge in [0.05, 0.1) is 6.61 Å². The van der Waals surface area contributed by atoms with E-state index in [1.807, 2.05) is 6.92 Å². The Hall–Kier alpha value is -0.830. The Labute approximate surface area is 78.1 Å². The van der Waals surface area contributed by atoms with E-state index in [0.29, 0.717) is 0 Å². The van der Waals surface area contributed by atoms with Gasteiger partial charge in [-0.3, -0.25) is 4.79 Å². The fourth-order valence-electron chi connectivity index (χ4n) is 2.02. The van der Waals surface area contributed by atoms with Crippen molar-refractivity contribution in [3.8, 4) is 0 Å². The van der Waals surface area contributed by atoms with Gasteiger partial charge in [0.25, 0.3) is 0 Å². The van der Waals surface area contributed by atoms with E-state index < -0.39 is 5.97 Å². The highest BCUT2D eigenvalue weighted by atomic mass is 16.4. The summed E-state index contributed by atoms with van der Waals surface area (Å²) in [5, 5.41) is 17.9. The highest BCUT2D eigenvalue weighted by Crippen LogP contribution is 2.47. The van der Waals surface area contributed by atoms with Crippen LogP contribution in [0.3, 0.4) is 0 Å². The van der Waals surface area contributed by atoms with Crippen molar-refractivity contribution in [3.63, 3.8) is 0 Å². The Morgan fingerprint density at radius 1 is 1.77 bits per heavy atom. The summed E-state index contributed by atoms with van der Waals surface area (Å²) >= 11 is 0. The number of hydrogen-bond donors (Lipinski definition) is 2. The molecule has 1 aliphatic carbocycles. The molecule has 0 amide bonds. The zero-order valence-electron chi connectivity index (χ0n) is 7.92. The molecule has 74 valence electrons. The van der Waals surface area contributed by atoms with E-state index in [-0.39, 0.29) is 24.4 Å². The van der Waals surface area contributed by atoms with E-state index in [0.717, 1.165) is 18.4 Å². The second-order valence-corrected chi connectivity index (χ2v) is 4.01. The zero-order chi connectivity index (χ0) is 10.1. The SMILES string of the molecule is C=C1CC[C@@H](CC(=O)O)[C@]1(C)CO. The standard InChI is InChI=1S/C10H16O3/c1-7-3-4-8(5-9(12)13)10(7,2)6-11/h8,11H,1,3-6H2,2H3,(H,12,13)/t8-,10+/m0/s1. The lowest BCUT2D eigenvalue weighted by Gasteiger charge is -2.29. The largest absolute Gasteiger partial charge is 0.481 e. The van der Waals surface area contributed by atoms with Gasteiger partial charge < -0.3 is 10.2 Å². The molecule has 1 saturated carbocycles. The van der Waals surface area contributed by atoms with Gasteiger partial charge in [0.15, 0.2) is 0 Å². The summed E-state index contributed by atoms with van der Waals surface area (Å²) < 4.78 is 0. The van der Waals surface area contributed by atoms with E-state index in [4.69, 9.17) is 5.11 Å². The molecule has 0 saturated heterocycles. The summed E-state index contributed by atoms with van der Waals surface area (Å²) in [5.74, 6) is -0.748. The fourth-order valence-corrected chi connectivity index (χ4v) is 2.02. The van der Waals surface area contributed by atoms with Gasteiger partial charge in [0.2, 0.25) is 0 Å². The molecule has 0 aromatic rings. The number of carboxylic acids is 1. The van der Waals surface area contributed by atoms with E-state index in [1.54, 1.807) is 0 Å². The third-order valence-corrected chi connectivity index (χ3v) is 3.25. The molecule has 0 radical (unpaired) electrons. The highest BCUT2D eigenvalue weighted by Gasteiger charge is 2.41. The first-order valence-corrected chi connectivity index (χ1v) is 4.51. The average molecular weight is 184 g/mol. The lowest BCUT2D eigenvalue weighted by Crippen LogP contribution is -2.29. The Kier molecular flexibility index (Phi) is 2.76. The molecule has 0 aromatic carbocycles. The second-order valence-electron chi connectivity index (χ2n) is 4.01. The number of aliphatic hydroxyl groups excluding tert-OH is 1. The van der Waals surface area contributed by atoms with Gasteiger partial charge in [-0.1, -0.05) is 19.1 Å². The maximum Gasteiger partial charge on any atom is 0.303 e. The number of hydrogen-bond acceptors (Lipinski definition) is 2. The summed E-state index contributed by atoms with van der Waals surface area (Å²) in [5.41, 5.74) is 0.611. The van der Waals surface area contributed by atoms with Crippen LogP contribution >= 0.6 is 0 Å². The Morgan fingerprint density at radius 3 is 2.85 bits per heavy atom. The van der Waals surface area contributed by atoms with Gasteiger partial charge in [-0.25, -0.2) is 0 Å². The van der Waals surface area contributed by atoms with Crippen LogP contribution in [0.4, 0.5) is 0 Å². The summed E-state index contributed by atoms with van der Waals surface area (Å²) in [6.45, 7) is 5.79. The van der Waals surface area contributed by atoms with E-state index >= 15 is 0 Å². The van der Waals surface area contributed by atoms with E-state index in [1.165, 1.54) is 0 Å². The van der Waals surface area contributed by atoms with Gasteiger partial charge in [-0.2, -0.15) is 0 Å². The molecule has 3 heteroatoms. The van der Waals surface area contributed by atoms with Crippen molar-refractivity contribution < 1.29 is 15.0 Å². The summed E-state index contributed by atoms with van der Waals surface area (Å²) in [4.78, 5) is 10.6. The number of aliphatic hydroxyl groups is 1. The summed E-state index contributed by atoms with van der Waals surface area (Å²) in [7, 11) is 0. The van der Waals surface area contributed by atoms with Crippen LogP contribution in [0.15, 0.2) is 12.2 Å². The first-order chi connectivity index (χ1) is 6.00. The molecule has 0 heterocycles. The first kappa shape index (κ1) is 10.3. The molecular formula is C10H16O3. The van der Waals surface area contributed by atoms with E-state index in [2.05, 4.69) is 6.58 Å². The predicted octanol–water partition coefficient (Wildman–Crippen LogP) is 1.43. The molecule has 13 heavy (non-hydrogen) atoms. The van der Waals surface area contributed by atoms with Crippen LogP contribution in [-0.2, 0) is 4.79 Å². The third-order valence-electron chi connectivity index (χ3n) is 3.25. The van der Waals surface area contributed by atoms with Crippen molar-refractivity contribution in [1.29, 1.82) is 0 Å². The normalized spacial score (nSPS) is 33.7. The van der Waals surface area contributed by atoms with Crippen LogP contribution in [-0.4, -0.2) is 22.8 Å². The second kappa shape index (κ2) is 3.50. The third kappa shape index (κ3) is 1.75. The summed E-state index contributed by atoms with van der Waals surface area (Å²) in [6, 6.07) is 0. The smallest absolute Gasteiger partial charge is 0.303 e. The van der Waals surface area contributed by atoms with Crippen molar-refractivity contribution in [1.82, 2.24) is 0 Å². The minimum absolute atomic E-state index is 0.00375. The molecule has 0 unspecified atom stereocenters. The Bertz CT molecular complexity index is 234. The predicted molar refractivity (Wildman–Crippen MR) is 49.3 cm³/mol. The van der Waals surface area contributed by atoms with E-state index in [9.17, 15) is 9.90 Å². The zero-order valence-corrected chi connectivity index (χ0v) is 7.92. The molecule has 0 spiro atoms. The van der Waals surface area contributed by atoms with Gasteiger partial charge in [0, 0.05) is 11.8 Å². The molecule has 0 aliphatic heterocycles.